The Bertz CT molecular complexity index is 613. The van der Waals surface area contributed by atoms with Gasteiger partial charge < -0.3 is 10.6 Å². The minimum absolute atomic E-state index is 0.122. The first-order chi connectivity index (χ1) is 10.6. The van der Waals surface area contributed by atoms with Crippen LogP contribution in [-0.4, -0.2) is 64.1 Å². The van der Waals surface area contributed by atoms with Crippen LogP contribution in [0.3, 0.4) is 0 Å². The van der Waals surface area contributed by atoms with Crippen molar-refractivity contribution in [2.75, 3.05) is 26.7 Å². The number of halogens is 3. The number of primary amides is 1. The second-order valence-corrected chi connectivity index (χ2v) is 5.56. The van der Waals surface area contributed by atoms with E-state index in [0.29, 0.717) is 13.1 Å². The van der Waals surface area contributed by atoms with Crippen molar-refractivity contribution >= 4 is 11.8 Å². The number of alkyl halides is 3. The zero-order valence-corrected chi connectivity index (χ0v) is 12.8. The van der Waals surface area contributed by atoms with Crippen LogP contribution in [-0.2, 0) is 22.3 Å². The van der Waals surface area contributed by atoms with E-state index in [1.807, 2.05) is 0 Å². The largest absolute Gasteiger partial charge is 0.435 e. The number of rotatable bonds is 3. The van der Waals surface area contributed by atoms with Gasteiger partial charge in [-0.1, -0.05) is 0 Å². The molecule has 128 valence electrons. The smallest absolute Gasteiger partial charge is 0.368 e. The van der Waals surface area contributed by atoms with Gasteiger partial charge in [-0.25, -0.2) is 0 Å². The molecule has 1 aliphatic rings. The van der Waals surface area contributed by atoms with Crippen LogP contribution in [0.15, 0.2) is 6.07 Å². The maximum absolute atomic E-state index is 12.6. The monoisotopic (exact) mass is 333 g/mol. The van der Waals surface area contributed by atoms with Gasteiger partial charge in [0.15, 0.2) is 5.69 Å². The molecule has 1 aliphatic heterocycles. The zero-order chi connectivity index (χ0) is 17.4. The highest BCUT2D eigenvalue weighted by molar-refractivity contribution is 5.82. The van der Waals surface area contributed by atoms with Crippen molar-refractivity contribution in [3.05, 3.63) is 17.5 Å². The molecule has 7 nitrogen and oxygen atoms in total. The van der Waals surface area contributed by atoms with E-state index in [9.17, 15) is 22.8 Å². The number of likely N-dealkylation sites (N-methyl/N-ethyl adjacent to an activating group) is 1. The Kier molecular flexibility index (Phi) is 4.64. The van der Waals surface area contributed by atoms with Gasteiger partial charge in [-0.3, -0.25) is 19.2 Å². The third-order valence-electron chi connectivity index (χ3n) is 3.89. The molecule has 2 amide bonds. The highest BCUT2D eigenvalue weighted by atomic mass is 19.4. The van der Waals surface area contributed by atoms with Gasteiger partial charge in [0.05, 0.1) is 0 Å². The molecule has 0 spiro atoms. The van der Waals surface area contributed by atoms with E-state index in [2.05, 4.69) is 5.10 Å². The van der Waals surface area contributed by atoms with Gasteiger partial charge in [0.25, 0.3) is 0 Å². The summed E-state index contributed by atoms with van der Waals surface area (Å²) in [4.78, 5) is 26.8. The van der Waals surface area contributed by atoms with E-state index >= 15 is 0 Å². The van der Waals surface area contributed by atoms with Crippen molar-refractivity contribution in [3.63, 3.8) is 0 Å². The molecule has 2 rings (SSSR count). The summed E-state index contributed by atoms with van der Waals surface area (Å²) in [6.07, 6.45) is -4.55. The van der Waals surface area contributed by atoms with Crippen LogP contribution in [0.5, 0.6) is 0 Å². The molecule has 2 N–H and O–H groups in total. The lowest BCUT2D eigenvalue weighted by Gasteiger charge is -2.37. The van der Waals surface area contributed by atoms with Gasteiger partial charge in [-0.15, -0.1) is 0 Å². The number of carbonyl (C=O) groups is 2. The lowest BCUT2D eigenvalue weighted by Crippen LogP contribution is -2.58. The molecule has 1 aromatic rings. The second kappa shape index (κ2) is 6.19. The van der Waals surface area contributed by atoms with Gasteiger partial charge in [-0.2, -0.15) is 18.3 Å². The number of piperazine rings is 1. The number of hydrogen-bond acceptors (Lipinski definition) is 4. The maximum Gasteiger partial charge on any atom is 0.435 e. The molecule has 0 bridgehead atoms. The fourth-order valence-electron chi connectivity index (χ4n) is 2.44. The summed E-state index contributed by atoms with van der Waals surface area (Å²) in [6, 6.07) is 0.292. The molecule has 0 aromatic carbocycles. The van der Waals surface area contributed by atoms with Crippen LogP contribution in [0.2, 0.25) is 0 Å². The Labute approximate surface area is 130 Å². The van der Waals surface area contributed by atoms with E-state index < -0.39 is 29.7 Å². The van der Waals surface area contributed by atoms with Crippen LogP contribution in [0.1, 0.15) is 11.4 Å². The molecule has 10 heteroatoms. The number of hydrogen-bond donors (Lipinski definition) is 1. The predicted molar refractivity (Wildman–Crippen MR) is 74.2 cm³/mol. The molecule has 0 radical (unpaired) electrons. The summed E-state index contributed by atoms with van der Waals surface area (Å²) in [7, 11) is 1.73. The van der Waals surface area contributed by atoms with E-state index in [0.717, 1.165) is 10.7 Å². The minimum atomic E-state index is -4.55. The quantitative estimate of drug-likeness (QED) is 0.833. The van der Waals surface area contributed by atoms with Crippen LogP contribution in [0.25, 0.3) is 0 Å². The lowest BCUT2D eigenvalue weighted by molar-refractivity contribution is -0.142. The van der Waals surface area contributed by atoms with Gasteiger partial charge in [-0.05, 0) is 20.0 Å². The number of carbonyl (C=O) groups excluding carboxylic acids is 2. The highest BCUT2D eigenvalue weighted by Gasteiger charge is 2.35. The van der Waals surface area contributed by atoms with Crippen LogP contribution in [0.4, 0.5) is 13.2 Å². The summed E-state index contributed by atoms with van der Waals surface area (Å²) in [5.41, 5.74) is 4.50. The fraction of sp³-hybridized carbons (Fsp3) is 0.615. The van der Waals surface area contributed by atoms with E-state index in [1.165, 1.54) is 11.8 Å². The predicted octanol–water partition coefficient (Wildman–Crippen LogP) is -0.162. The van der Waals surface area contributed by atoms with E-state index in [1.54, 1.807) is 11.9 Å². The zero-order valence-electron chi connectivity index (χ0n) is 12.8. The Balaban J connectivity index is 2.08. The average molecular weight is 333 g/mol. The number of nitrogens with zero attached hydrogens (tertiary/aromatic N) is 4. The summed E-state index contributed by atoms with van der Waals surface area (Å²) in [6.45, 7) is 2.11. The number of aryl methyl sites for hydroxylation is 1. The van der Waals surface area contributed by atoms with Crippen molar-refractivity contribution in [3.8, 4) is 0 Å². The Hall–Kier alpha value is -2.10. The van der Waals surface area contributed by atoms with Gasteiger partial charge >= 0.3 is 6.18 Å². The third-order valence-corrected chi connectivity index (χ3v) is 3.89. The van der Waals surface area contributed by atoms with Crippen molar-refractivity contribution in [1.29, 1.82) is 0 Å². The molecule has 1 fully saturated rings. The SMILES string of the molecule is Cc1cc(C(F)(F)F)nn1CC(=O)N1CCN(C)[C@@H](C(N)=O)C1. The average Bonchev–Trinajstić information content (AvgIpc) is 2.80. The van der Waals surface area contributed by atoms with Crippen molar-refractivity contribution in [1.82, 2.24) is 19.6 Å². The Morgan fingerprint density at radius 3 is 2.57 bits per heavy atom. The number of amides is 2. The number of aromatic nitrogens is 2. The minimum Gasteiger partial charge on any atom is -0.368 e. The van der Waals surface area contributed by atoms with Crippen molar-refractivity contribution < 1.29 is 22.8 Å². The van der Waals surface area contributed by atoms with Gasteiger partial charge in [0.2, 0.25) is 11.8 Å². The standard InChI is InChI=1S/C13H18F3N5O2/c1-8-5-10(13(14,15)16)18-21(8)7-11(22)20-4-3-19(2)9(6-20)12(17)23/h5,9H,3-4,6-7H2,1-2H3,(H2,17,23)/t9-/m1/s1. The molecule has 0 aliphatic carbocycles. The molecule has 1 aromatic heterocycles. The Morgan fingerprint density at radius 2 is 2.04 bits per heavy atom. The van der Waals surface area contributed by atoms with Crippen LogP contribution in [0, 0.1) is 6.92 Å². The lowest BCUT2D eigenvalue weighted by atomic mass is 10.1. The molecule has 0 saturated carbocycles. The molecule has 0 unspecified atom stereocenters. The first-order valence-electron chi connectivity index (χ1n) is 6.98. The van der Waals surface area contributed by atoms with E-state index in [4.69, 9.17) is 5.73 Å². The van der Waals surface area contributed by atoms with Crippen molar-refractivity contribution in [2.24, 2.45) is 5.73 Å². The number of nitrogens with two attached hydrogens (primary N) is 1. The summed E-state index contributed by atoms with van der Waals surface area (Å²) >= 11 is 0. The van der Waals surface area contributed by atoms with Crippen LogP contribution < -0.4 is 5.73 Å². The normalized spacial score (nSPS) is 19.9. The molecule has 1 saturated heterocycles. The molecular weight excluding hydrogens is 315 g/mol. The third kappa shape index (κ3) is 3.81. The van der Waals surface area contributed by atoms with Crippen molar-refractivity contribution in [2.45, 2.75) is 25.7 Å². The first kappa shape index (κ1) is 17.3. The van der Waals surface area contributed by atoms with E-state index in [-0.39, 0.29) is 18.8 Å². The maximum atomic E-state index is 12.6. The molecular formula is C13H18F3N5O2. The second-order valence-electron chi connectivity index (χ2n) is 5.56. The van der Waals surface area contributed by atoms with Crippen LogP contribution >= 0.6 is 0 Å². The molecule has 1 atom stereocenters. The first-order valence-corrected chi connectivity index (χ1v) is 6.98. The fourth-order valence-corrected chi connectivity index (χ4v) is 2.44. The topological polar surface area (TPSA) is 84.5 Å². The van der Waals surface area contributed by atoms with Gasteiger partial charge in [0, 0.05) is 25.3 Å². The summed E-state index contributed by atoms with van der Waals surface area (Å²) in [5.74, 6) is -0.941. The van der Waals surface area contributed by atoms with Gasteiger partial charge in [0.1, 0.15) is 12.6 Å². The molecule has 2 heterocycles. The Morgan fingerprint density at radius 1 is 1.39 bits per heavy atom. The summed E-state index contributed by atoms with van der Waals surface area (Å²) < 4.78 is 38.9. The molecule has 23 heavy (non-hydrogen) atoms. The summed E-state index contributed by atoms with van der Waals surface area (Å²) in [5, 5.41) is 3.43. The highest BCUT2D eigenvalue weighted by Crippen LogP contribution is 2.28.